The SMILES string of the molecule is COC(=O)N1c2ccc3c(nc(C(C)Cn4cc(C)cn4)n3C3CCC(C(=O)O)CC3)c2CC[C@@H]1C. The number of fused-ring (bicyclic) bond motifs is 3. The van der Waals surface area contributed by atoms with Crippen molar-refractivity contribution < 1.29 is 19.4 Å². The van der Waals surface area contributed by atoms with Crippen molar-refractivity contribution in [3.63, 3.8) is 0 Å². The standard InChI is InChI=1S/C27H35N5O4/c1-16-13-28-30(14-16)15-17(2)25-29-24-21-10-5-18(3)31(27(35)36-4)22(21)11-12-23(24)32(25)20-8-6-19(7-9-20)26(33)34/h11-14,17-20H,5-10,15H2,1-4H3,(H,33,34)/t17?,18-,19?,20?/m0/s1. The van der Waals surface area contributed by atoms with Gasteiger partial charge in [0.2, 0.25) is 0 Å². The van der Waals surface area contributed by atoms with Gasteiger partial charge >= 0.3 is 12.1 Å². The highest BCUT2D eigenvalue weighted by molar-refractivity contribution is 5.95. The van der Waals surface area contributed by atoms with Crippen molar-refractivity contribution in [1.29, 1.82) is 0 Å². The van der Waals surface area contributed by atoms with E-state index in [1.807, 2.05) is 37.0 Å². The van der Waals surface area contributed by atoms with Gasteiger partial charge < -0.3 is 14.4 Å². The van der Waals surface area contributed by atoms with E-state index in [1.54, 1.807) is 4.90 Å². The van der Waals surface area contributed by atoms with Gasteiger partial charge in [-0.25, -0.2) is 9.78 Å². The fraction of sp³-hybridized carbons (Fsp3) is 0.556. The van der Waals surface area contributed by atoms with E-state index in [1.165, 1.54) is 7.11 Å². The number of ether oxygens (including phenoxy) is 1. The minimum atomic E-state index is -0.697. The Morgan fingerprint density at radius 3 is 2.58 bits per heavy atom. The Morgan fingerprint density at radius 2 is 1.94 bits per heavy atom. The van der Waals surface area contributed by atoms with Gasteiger partial charge in [0.05, 0.1) is 42.5 Å². The number of aryl methyl sites for hydroxylation is 2. The van der Waals surface area contributed by atoms with Gasteiger partial charge in [-0.2, -0.15) is 5.10 Å². The zero-order chi connectivity index (χ0) is 25.6. The molecular weight excluding hydrogens is 458 g/mol. The summed E-state index contributed by atoms with van der Waals surface area (Å²) in [5, 5.41) is 14.0. The van der Waals surface area contributed by atoms with Crippen LogP contribution in [-0.4, -0.2) is 49.7 Å². The summed E-state index contributed by atoms with van der Waals surface area (Å²) in [7, 11) is 1.42. The molecule has 9 heteroatoms. The molecule has 9 nitrogen and oxygen atoms in total. The third-order valence-electron chi connectivity index (χ3n) is 7.93. The fourth-order valence-corrected chi connectivity index (χ4v) is 6.03. The van der Waals surface area contributed by atoms with E-state index in [4.69, 9.17) is 9.72 Å². The third-order valence-corrected chi connectivity index (χ3v) is 7.93. The topological polar surface area (TPSA) is 102 Å². The predicted octanol–water partition coefficient (Wildman–Crippen LogP) is 5.07. The first kappa shape index (κ1) is 24.3. The molecule has 5 rings (SSSR count). The van der Waals surface area contributed by atoms with E-state index in [-0.39, 0.29) is 30.0 Å². The van der Waals surface area contributed by atoms with Gasteiger partial charge in [-0.15, -0.1) is 0 Å². The molecule has 1 aliphatic heterocycles. The Bertz CT molecular complexity index is 1290. The van der Waals surface area contributed by atoms with E-state index >= 15 is 0 Å². The molecule has 1 N–H and O–H groups in total. The fourth-order valence-electron chi connectivity index (χ4n) is 6.03. The van der Waals surface area contributed by atoms with Crippen molar-refractivity contribution in [3.05, 3.63) is 41.5 Å². The zero-order valence-corrected chi connectivity index (χ0v) is 21.5. The van der Waals surface area contributed by atoms with Crippen LogP contribution in [0.5, 0.6) is 0 Å². The van der Waals surface area contributed by atoms with Crippen molar-refractivity contribution in [3.8, 4) is 0 Å². The van der Waals surface area contributed by atoms with E-state index in [0.29, 0.717) is 19.4 Å². The molecule has 3 heterocycles. The molecule has 1 aromatic carbocycles. The van der Waals surface area contributed by atoms with Gasteiger partial charge in [0.25, 0.3) is 0 Å². The highest BCUT2D eigenvalue weighted by Crippen LogP contribution is 2.41. The molecule has 3 aromatic rings. The van der Waals surface area contributed by atoms with Crippen LogP contribution in [0.15, 0.2) is 24.5 Å². The average molecular weight is 494 g/mol. The largest absolute Gasteiger partial charge is 0.481 e. The Morgan fingerprint density at radius 1 is 1.19 bits per heavy atom. The van der Waals surface area contributed by atoms with Crippen molar-refractivity contribution in [2.75, 3.05) is 12.0 Å². The number of carboxylic acids is 1. The summed E-state index contributed by atoms with van der Waals surface area (Å²) >= 11 is 0. The van der Waals surface area contributed by atoms with Crippen molar-refractivity contribution >= 4 is 28.8 Å². The molecule has 1 unspecified atom stereocenters. The number of benzene rings is 1. The average Bonchev–Trinajstić information content (AvgIpc) is 3.46. The second kappa shape index (κ2) is 9.59. The highest BCUT2D eigenvalue weighted by atomic mass is 16.5. The Labute approximate surface area is 211 Å². The molecule has 1 saturated carbocycles. The number of amides is 1. The zero-order valence-electron chi connectivity index (χ0n) is 21.5. The Balaban J connectivity index is 1.60. The smallest absolute Gasteiger partial charge is 0.414 e. The second-order valence-electron chi connectivity index (χ2n) is 10.5. The summed E-state index contributed by atoms with van der Waals surface area (Å²) in [6.07, 6.45) is 8.20. The first-order chi connectivity index (χ1) is 17.3. The highest BCUT2D eigenvalue weighted by Gasteiger charge is 2.34. The molecule has 2 aromatic heterocycles. The number of imidazole rings is 1. The molecule has 1 aliphatic carbocycles. The number of anilines is 1. The maximum absolute atomic E-state index is 12.6. The van der Waals surface area contributed by atoms with Crippen LogP contribution in [0.1, 0.15) is 74.9 Å². The molecule has 1 amide bonds. The monoisotopic (exact) mass is 493 g/mol. The summed E-state index contributed by atoms with van der Waals surface area (Å²) in [4.78, 5) is 31.2. The molecule has 192 valence electrons. The van der Waals surface area contributed by atoms with Crippen LogP contribution in [0, 0.1) is 12.8 Å². The summed E-state index contributed by atoms with van der Waals surface area (Å²) in [5.74, 6) is 0.127. The summed E-state index contributed by atoms with van der Waals surface area (Å²) < 4.78 is 9.41. The lowest BCUT2D eigenvalue weighted by Gasteiger charge is -2.34. The summed E-state index contributed by atoms with van der Waals surface area (Å²) in [6, 6.07) is 4.35. The van der Waals surface area contributed by atoms with Crippen LogP contribution in [0.2, 0.25) is 0 Å². The molecule has 2 atom stereocenters. The number of aromatic nitrogens is 4. The second-order valence-corrected chi connectivity index (χ2v) is 10.5. The molecule has 0 radical (unpaired) electrons. The maximum Gasteiger partial charge on any atom is 0.414 e. The van der Waals surface area contributed by atoms with E-state index in [0.717, 1.165) is 59.4 Å². The summed E-state index contributed by atoms with van der Waals surface area (Å²) in [5.41, 5.74) is 5.07. The molecule has 0 bridgehead atoms. The molecule has 0 spiro atoms. The van der Waals surface area contributed by atoms with Crippen molar-refractivity contribution in [1.82, 2.24) is 19.3 Å². The number of rotatable bonds is 5. The molecule has 2 aliphatic rings. The van der Waals surface area contributed by atoms with Gasteiger partial charge in [0, 0.05) is 29.8 Å². The van der Waals surface area contributed by atoms with Gasteiger partial charge in [-0.1, -0.05) is 6.92 Å². The van der Waals surface area contributed by atoms with Crippen molar-refractivity contribution in [2.45, 2.75) is 83.8 Å². The molecule has 1 fully saturated rings. The van der Waals surface area contributed by atoms with Gasteiger partial charge in [0.1, 0.15) is 5.82 Å². The van der Waals surface area contributed by atoms with E-state index in [9.17, 15) is 14.7 Å². The van der Waals surface area contributed by atoms with Crippen LogP contribution >= 0.6 is 0 Å². The number of carboxylic acid groups (broad SMARTS) is 1. The molecule has 36 heavy (non-hydrogen) atoms. The number of hydrogen-bond donors (Lipinski definition) is 1. The first-order valence-electron chi connectivity index (χ1n) is 12.9. The quantitative estimate of drug-likeness (QED) is 0.532. The minimum Gasteiger partial charge on any atom is -0.481 e. The lowest BCUT2D eigenvalue weighted by atomic mass is 9.85. The lowest BCUT2D eigenvalue weighted by molar-refractivity contribution is -0.143. The number of nitrogens with zero attached hydrogens (tertiary/aromatic N) is 5. The van der Waals surface area contributed by atoms with Crippen molar-refractivity contribution in [2.24, 2.45) is 5.92 Å². The third kappa shape index (κ3) is 4.24. The number of hydrogen-bond acceptors (Lipinski definition) is 5. The lowest BCUT2D eigenvalue weighted by Crippen LogP contribution is -2.42. The van der Waals surface area contributed by atoms with Gasteiger partial charge in [-0.05, 0) is 70.1 Å². The van der Waals surface area contributed by atoms with Gasteiger partial charge in [-0.3, -0.25) is 14.4 Å². The van der Waals surface area contributed by atoms with E-state index < -0.39 is 5.97 Å². The normalized spacial score (nSPS) is 22.9. The molecular formula is C27H35N5O4. The van der Waals surface area contributed by atoms with E-state index in [2.05, 4.69) is 22.7 Å². The first-order valence-corrected chi connectivity index (χ1v) is 12.9. The maximum atomic E-state index is 12.6. The number of methoxy groups -OCH3 is 1. The number of carbonyl (C=O) groups is 2. The van der Waals surface area contributed by atoms with Crippen LogP contribution in [0.3, 0.4) is 0 Å². The van der Waals surface area contributed by atoms with Gasteiger partial charge in [0.15, 0.2) is 0 Å². The molecule has 0 saturated heterocycles. The van der Waals surface area contributed by atoms with Crippen LogP contribution in [0.25, 0.3) is 11.0 Å². The Hall–Kier alpha value is -3.36. The van der Waals surface area contributed by atoms with Crippen LogP contribution in [0.4, 0.5) is 10.5 Å². The van der Waals surface area contributed by atoms with Crippen LogP contribution < -0.4 is 4.90 Å². The number of aliphatic carboxylic acids is 1. The Kier molecular flexibility index (Phi) is 6.49. The number of carbonyl (C=O) groups excluding carboxylic acids is 1. The predicted molar refractivity (Wildman–Crippen MR) is 136 cm³/mol. The summed E-state index contributed by atoms with van der Waals surface area (Å²) in [6.45, 7) is 6.95. The van der Waals surface area contributed by atoms with Crippen LogP contribution in [-0.2, 0) is 22.5 Å². The minimum absolute atomic E-state index is 0.0530.